The molecule has 5 heteroatoms. The van der Waals surface area contributed by atoms with Crippen molar-refractivity contribution in [3.63, 3.8) is 0 Å². The number of likely N-dealkylation sites (N-methyl/N-ethyl adjacent to an activating group) is 1. The highest BCUT2D eigenvalue weighted by molar-refractivity contribution is 6.08. The summed E-state index contributed by atoms with van der Waals surface area (Å²) in [5.41, 5.74) is 2.38. The zero-order valence-electron chi connectivity index (χ0n) is 15.1. The summed E-state index contributed by atoms with van der Waals surface area (Å²) in [6, 6.07) is 15.5. The lowest BCUT2D eigenvalue weighted by atomic mass is 9.81. The van der Waals surface area contributed by atoms with Crippen LogP contribution in [0.1, 0.15) is 17.5 Å². The van der Waals surface area contributed by atoms with Crippen LogP contribution < -0.4 is 9.64 Å². The van der Waals surface area contributed by atoms with Gasteiger partial charge in [0.05, 0.1) is 18.9 Å². The highest BCUT2D eigenvalue weighted by Crippen LogP contribution is 2.46. The minimum atomic E-state index is -0.582. The van der Waals surface area contributed by atoms with Crippen molar-refractivity contribution in [3.05, 3.63) is 59.7 Å². The van der Waals surface area contributed by atoms with Crippen LogP contribution >= 0.6 is 0 Å². The lowest BCUT2D eigenvalue weighted by Gasteiger charge is -2.23. The molecule has 1 spiro atoms. The van der Waals surface area contributed by atoms with Gasteiger partial charge in [-0.2, -0.15) is 0 Å². The zero-order valence-corrected chi connectivity index (χ0v) is 15.1. The van der Waals surface area contributed by atoms with Crippen molar-refractivity contribution in [1.82, 2.24) is 4.90 Å². The smallest absolute Gasteiger partial charge is 0.239 e. The van der Waals surface area contributed by atoms with Crippen molar-refractivity contribution in [1.29, 1.82) is 0 Å². The first kappa shape index (κ1) is 16.6. The molecule has 1 fully saturated rings. The molecule has 134 valence electrons. The Bertz CT molecular complexity index is 862. The first-order valence-electron chi connectivity index (χ1n) is 8.83. The Labute approximate surface area is 153 Å². The Morgan fingerprint density at radius 1 is 1.15 bits per heavy atom. The molecule has 26 heavy (non-hydrogen) atoms. The van der Waals surface area contributed by atoms with Crippen LogP contribution in [0.4, 0.5) is 5.69 Å². The van der Waals surface area contributed by atoms with Gasteiger partial charge >= 0.3 is 0 Å². The maximum absolute atomic E-state index is 13.0. The number of carbonyl (C=O) groups excluding carboxylic acids is 2. The number of hydrogen-bond acceptors (Lipinski definition) is 3. The fraction of sp³-hybridized carbons (Fsp3) is 0.333. The predicted molar refractivity (Wildman–Crippen MR) is 99.4 cm³/mol. The molecule has 4 rings (SSSR count). The molecule has 0 aliphatic carbocycles. The molecule has 2 aromatic carbocycles. The number of likely N-dealkylation sites (tertiary alicyclic amines) is 1. The summed E-state index contributed by atoms with van der Waals surface area (Å²) in [6.07, 6.45) is 1.02. The molecule has 5 nitrogen and oxygen atoms in total. The van der Waals surface area contributed by atoms with Gasteiger partial charge in [0.1, 0.15) is 5.75 Å². The van der Waals surface area contributed by atoms with E-state index in [2.05, 4.69) is 0 Å². The van der Waals surface area contributed by atoms with Gasteiger partial charge in [0, 0.05) is 25.8 Å². The van der Waals surface area contributed by atoms with E-state index in [1.807, 2.05) is 60.5 Å². The fourth-order valence-electron chi connectivity index (χ4n) is 4.16. The summed E-state index contributed by atoms with van der Waals surface area (Å²) in [6.45, 7) is 1.07. The topological polar surface area (TPSA) is 49.9 Å². The lowest BCUT2D eigenvalue weighted by Crippen LogP contribution is -2.42. The molecule has 2 heterocycles. The maximum Gasteiger partial charge on any atom is 0.239 e. The Morgan fingerprint density at radius 2 is 1.88 bits per heavy atom. The van der Waals surface area contributed by atoms with Gasteiger partial charge < -0.3 is 14.5 Å². The third-order valence-corrected chi connectivity index (χ3v) is 5.63. The Kier molecular flexibility index (Phi) is 3.94. The van der Waals surface area contributed by atoms with E-state index in [4.69, 9.17) is 4.74 Å². The lowest BCUT2D eigenvalue weighted by molar-refractivity contribution is -0.130. The zero-order chi connectivity index (χ0) is 18.3. The Morgan fingerprint density at radius 3 is 2.62 bits per heavy atom. The maximum atomic E-state index is 13.0. The van der Waals surface area contributed by atoms with Crippen LogP contribution in [0.3, 0.4) is 0 Å². The Balaban J connectivity index is 1.53. The van der Waals surface area contributed by atoms with Gasteiger partial charge in [-0.1, -0.05) is 30.3 Å². The monoisotopic (exact) mass is 350 g/mol. The summed E-state index contributed by atoms with van der Waals surface area (Å²) >= 11 is 0. The number of carbonyl (C=O) groups is 2. The molecule has 2 aliphatic heterocycles. The molecule has 0 N–H and O–H groups in total. The molecule has 2 aliphatic rings. The van der Waals surface area contributed by atoms with Crippen LogP contribution in [-0.4, -0.2) is 44.0 Å². The van der Waals surface area contributed by atoms with Gasteiger partial charge in [-0.15, -0.1) is 0 Å². The van der Waals surface area contributed by atoms with E-state index in [9.17, 15) is 9.59 Å². The second-order valence-corrected chi connectivity index (χ2v) is 7.05. The van der Waals surface area contributed by atoms with Gasteiger partial charge in [0.2, 0.25) is 11.8 Å². The normalized spacial score (nSPS) is 21.4. The summed E-state index contributed by atoms with van der Waals surface area (Å²) in [5.74, 6) is 0.933. The number of anilines is 1. The molecule has 0 unspecified atom stereocenters. The number of amides is 2. The second kappa shape index (κ2) is 6.16. The highest BCUT2D eigenvalue weighted by atomic mass is 16.5. The molecule has 0 aromatic heterocycles. The van der Waals surface area contributed by atoms with E-state index in [-0.39, 0.29) is 11.8 Å². The molecule has 0 radical (unpaired) electrons. The number of methoxy groups -OCH3 is 1. The van der Waals surface area contributed by atoms with E-state index in [1.165, 1.54) is 0 Å². The average Bonchev–Trinajstić information content (AvgIpc) is 3.21. The molecular weight excluding hydrogens is 328 g/mol. The summed E-state index contributed by atoms with van der Waals surface area (Å²) in [7, 11) is 3.44. The largest absolute Gasteiger partial charge is 0.497 e. The quantitative estimate of drug-likeness (QED) is 0.854. The van der Waals surface area contributed by atoms with Crippen molar-refractivity contribution >= 4 is 17.5 Å². The molecule has 2 aromatic rings. The first-order valence-corrected chi connectivity index (χ1v) is 8.83. The van der Waals surface area contributed by atoms with Crippen LogP contribution in [0.2, 0.25) is 0 Å². The number of nitrogens with zero attached hydrogens (tertiary/aromatic N) is 2. The van der Waals surface area contributed by atoms with Gasteiger partial charge in [-0.3, -0.25) is 9.59 Å². The van der Waals surface area contributed by atoms with E-state index in [0.717, 1.165) is 22.6 Å². The second-order valence-electron chi connectivity index (χ2n) is 7.05. The van der Waals surface area contributed by atoms with Gasteiger partial charge in [-0.25, -0.2) is 0 Å². The van der Waals surface area contributed by atoms with Crippen LogP contribution in [0, 0.1) is 0 Å². The van der Waals surface area contributed by atoms with Crippen molar-refractivity contribution < 1.29 is 14.3 Å². The number of benzene rings is 2. The first-order chi connectivity index (χ1) is 12.5. The van der Waals surface area contributed by atoms with Gasteiger partial charge in [0.25, 0.3) is 0 Å². The number of fused-ring (bicyclic) bond motifs is 2. The summed E-state index contributed by atoms with van der Waals surface area (Å²) < 4.78 is 5.15. The van der Waals surface area contributed by atoms with E-state index in [0.29, 0.717) is 25.9 Å². The predicted octanol–water partition coefficient (Wildman–Crippen LogP) is 2.38. The van der Waals surface area contributed by atoms with Crippen LogP contribution in [0.5, 0.6) is 5.75 Å². The van der Waals surface area contributed by atoms with Crippen LogP contribution in [-0.2, 0) is 21.4 Å². The minimum absolute atomic E-state index is 0.0619. The minimum Gasteiger partial charge on any atom is -0.497 e. The number of para-hydroxylation sites is 1. The van der Waals surface area contributed by atoms with Gasteiger partial charge in [0.15, 0.2) is 0 Å². The van der Waals surface area contributed by atoms with E-state index in [1.54, 1.807) is 12.0 Å². The standard InChI is InChI=1S/C21H22N2O3/c1-22-18-6-4-3-5-17(18)21(20(22)25)11-12-23(14-21)19(24)13-15-7-9-16(26-2)10-8-15/h3-10H,11-14H2,1-2H3/t21-/m0/s1. The van der Waals surface area contributed by atoms with E-state index < -0.39 is 5.41 Å². The average molecular weight is 350 g/mol. The fourth-order valence-corrected chi connectivity index (χ4v) is 4.16. The summed E-state index contributed by atoms with van der Waals surface area (Å²) in [5, 5.41) is 0. The number of ether oxygens (including phenoxy) is 1. The number of rotatable bonds is 3. The third kappa shape index (κ3) is 2.46. The van der Waals surface area contributed by atoms with Crippen LogP contribution in [0.15, 0.2) is 48.5 Å². The van der Waals surface area contributed by atoms with Gasteiger partial charge in [-0.05, 0) is 35.7 Å². The van der Waals surface area contributed by atoms with E-state index >= 15 is 0 Å². The summed E-state index contributed by atoms with van der Waals surface area (Å²) in [4.78, 5) is 29.3. The SMILES string of the molecule is COc1ccc(CC(=O)N2CC[C@@]3(C2)C(=O)N(C)c2ccccc23)cc1. The highest BCUT2D eigenvalue weighted by Gasteiger charge is 2.53. The molecule has 1 saturated heterocycles. The van der Waals surface area contributed by atoms with Crippen molar-refractivity contribution in [3.8, 4) is 5.75 Å². The van der Waals surface area contributed by atoms with Crippen molar-refractivity contribution in [2.24, 2.45) is 0 Å². The van der Waals surface area contributed by atoms with Crippen molar-refractivity contribution in [2.75, 3.05) is 32.1 Å². The molecule has 0 saturated carbocycles. The van der Waals surface area contributed by atoms with Crippen LogP contribution in [0.25, 0.3) is 0 Å². The Hall–Kier alpha value is -2.82. The number of hydrogen-bond donors (Lipinski definition) is 0. The molecule has 2 amide bonds. The molecule has 1 atom stereocenters. The third-order valence-electron chi connectivity index (χ3n) is 5.63. The molecular formula is C21H22N2O3. The van der Waals surface area contributed by atoms with Crippen molar-refractivity contribution in [2.45, 2.75) is 18.3 Å². The molecule has 0 bridgehead atoms.